The van der Waals surface area contributed by atoms with E-state index in [1.54, 1.807) is 6.92 Å². The molecule has 1 aromatic carbocycles. The van der Waals surface area contributed by atoms with E-state index in [0.717, 1.165) is 37.0 Å². The van der Waals surface area contributed by atoms with Crippen LogP contribution in [0.2, 0.25) is 0 Å². The maximum Gasteiger partial charge on any atom is 0.191 e. The molecule has 0 saturated carbocycles. The molecule has 2 atom stereocenters. The summed E-state index contributed by atoms with van der Waals surface area (Å²) in [5, 5.41) is 0. The Morgan fingerprint density at radius 1 is 1.37 bits per heavy atom. The minimum atomic E-state index is -0.454. The van der Waals surface area contributed by atoms with Gasteiger partial charge in [0.05, 0.1) is 0 Å². The SMILES string of the molecule is Cc1ccc(C(=O)[C@H](C)OC2CCCCO2)c(C)c1. The molecule has 1 aliphatic heterocycles. The Morgan fingerprint density at radius 2 is 2.16 bits per heavy atom. The molecule has 0 N–H and O–H groups in total. The summed E-state index contributed by atoms with van der Waals surface area (Å²) >= 11 is 0. The topological polar surface area (TPSA) is 35.5 Å². The van der Waals surface area contributed by atoms with Crippen LogP contribution in [0.5, 0.6) is 0 Å². The first-order valence-electron chi connectivity index (χ1n) is 6.96. The molecule has 1 unspecified atom stereocenters. The van der Waals surface area contributed by atoms with Crippen molar-refractivity contribution >= 4 is 5.78 Å². The Kier molecular flexibility index (Phi) is 4.72. The molecule has 0 aromatic heterocycles. The van der Waals surface area contributed by atoms with Crippen LogP contribution in [-0.2, 0) is 9.47 Å². The van der Waals surface area contributed by atoms with Crippen molar-refractivity contribution < 1.29 is 14.3 Å². The number of rotatable bonds is 4. The van der Waals surface area contributed by atoms with Crippen molar-refractivity contribution in [3.05, 3.63) is 34.9 Å². The first-order chi connectivity index (χ1) is 9.08. The van der Waals surface area contributed by atoms with E-state index in [-0.39, 0.29) is 12.1 Å². The van der Waals surface area contributed by atoms with E-state index >= 15 is 0 Å². The smallest absolute Gasteiger partial charge is 0.191 e. The van der Waals surface area contributed by atoms with E-state index in [4.69, 9.17) is 9.47 Å². The predicted molar refractivity (Wildman–Crippen MR) is 74.4 cm³/mol. The van der Waals surface area contributed by atoms with E-state index in [9.17, 15) is 4.79 Å². The minimum Gasteiger partial charge on any atom is -0.353 e. The van der Waals surface area contributed by atoms with Gasteiger partial charge in [0.2, 0.25) is 0 Å². The summed E-state index contributed by atoms with van der Waals surface area (Å²) in [6, 6.07) is 5.87. The van der Waals surface area contributed by atoms with Crippen LogP contribution in [0.3, 0.4) is 0 Å². The Hall–Kier alpha value is -1.19. The second-order valence-electron chi connectivity index (χ2n) is 5.26. The summed E-state index contributed by atoms with van der Waals surface area (Å²) in [5.74, 6) is 0.0340. The van der Waals surface area contributed by atoms with Gasteiger partial charge < -0.3 is 9.47 Å². The lowest BCUT2D eigenvalue weighted by atomic mass is 10.00. The fourth-order valence-electron chi connectivity index (χ4n) is 2.42. The van der Waals surface area contributed by atoms with Crippen LogP contribution in [0.1, 0.15) is 47.7 Å². The van der Waals surface area contributed by atoms with Crippen molar-refractivity contribution in [1.29, 1.82) is 0 Å². The lowest BCUT2D eigenvalue weighted by molar-refractivity contribution is -0.174. The molecule has 3 nitrogen and oxygen atoms in total. The Balaban J connectivity index is 2.01. The zero-order valence-electron chi connectivity index (χ0n) is 11.9. The molecule has 0 bridgehead atoms. The molecule has 0 radical (unpaired) electrons. The number of carbonyl (C=O) groups excluding carboxylic acids is 1. The number of Topliss-reactive ketones (excluding diaryl/α,β-unsaturated/α-hetero) is 1. The number of benzene rings is 1. The predicted octanol–water partition coefficient (Wildman–Crippen LogP) is 3.42. The van der Waals surface area contributed by atoms with Gasteiger partial charge in [-0.15, -0.1) is 0 Å². The standard InChI is InChI=1S/C16H22O3/c1-11-7-8-14(12(2)10-11)16(17)13(3)19-15-6-4-5-9-18-15/h7-8,10,13,15H,4-6,9H2,1-3H3/t13-,15?/m0/s1. The summed E-state index contributed by atoms with van der Waals surface area (Å²) in [5.41, 5.74) is 2.91. The van der Waals surface area contributed by atoms with E-state index in [0.29, 0.717) is 0 Å². The van der Waals surface area contributed by atoms with Crippen molar-refractivity contribution in [3.8, 4) is 0 Å². The molecule has 1 heterocycles. The van der Waals surface area contributed by atoms with Gasteiger partial charge in [-0.2, -0.15) is 0 Å². The van der Waals surface area contributed by atoms with E-state index < -0.39 is 6.10 Å². The number of hydrogen-bond donors (Lipinski definition) is 0. The van der Waals surface area contributed by atoms with Gasteiger partial charge in [-0.25, -0.2) is 0 Å². The van der Waals surface area contributed by atoms with Gasteiger partial charge >= 0.3 is 0 Å². The van der Waals surface area contributed by atoms with Gasteiger partial charge in [0.25, 0.3) is 0 Å². The molecule has 2 rings (SSSR count). The van der Waals surface area contributed by atoms with Crippen LogP contribution in [0.25, 0.3) is 0 Å². The van der Waals surface area contributed by atoms with Crippen LogP contribution in [0.4, 0.5) is 0 Å². The lowest BCUT2D eigenvalue weighted by Gasteiger charge is -2.25. The summed E-state index contributed by atoms with van der Waals surface area (Å²) in [6.07, 6.45) is 2.39. The monoisotopic (exact) mass is 262 g/mol. The molecule has 1 aromatic rings. The molecule has 19 heavy (non-hydrogen) atoms. The Morgan fingerprint density at radius 3 is 2.79 bits per heavy atom. The summed E-state index contributed by atoms with van der Waals surface area (Å²) < 4.78 is 11.2. The van der Waals surface area contributed by atoms with Crippen LogP contribution in [-0.4, -0.2) is 24.8 Å². The number of ether oxygens (including phenoxy) is 2. The zero-order valence-corrected chi connectivity index (χ0v) is 11.9. The molecule has 104 valence electrons. The second kappa shape index (κ2) is 6.31. The largest absolute Gasteiger partial charge is 0.353 e. The minimum absolute atomic E-state index is 0.0340. The third-order valence-corrected chi connectivity index (χ3v) is 3.51. The molecule has 3 heteroatoms. The second-order valence-corrected chi connectivity index (χ2v) is 5.26. The van der Waals surface area contributed by atoms with Crippen molar-refractivity contribution in [2.24, 2.45) is 0 Å². The van der Waals surface area contributed by atoms with Gasteiger partial charge in [0.1, 0.15) is 6.10 Å². The third-order valence-electron chi connectivity index (χ3n) is 3.51. The van der Waals surface area contributed by atoms with Crippen molar-refractivity contribution in [2.75, 3.05) is 6.61 Å². The summed E-state index contributed by atoms with van der Waals surface area (Å²) in [7, 11) is 0. The number of aryl methyl sites for hydroxylation is 2. The average molecular weight is 262 g/mol. The normalized spacial score (nSPS) is 21.1. The summed E-state index contributed by atoms with van der Waals surface area (Å²) in [4.78, 5) is 12.4. The molecule has 1 aliphatic rings. The molecule has 0 amide bonds. The fraction of sp³-hybridized carbons (Fsp3) is 0.562. The van der Waals surface area contributed by atoms with Gasteiger partial charge in [0, 0.05) is 12.2 Å². The fourth-order valence-corrected chi connectivity index (χ4v) is 2.42. The maximum absolute atomic E-state index is 12.4. The molecular formula is C16H22O3. The van der Waals surface area contributed by atoms with E-state index in [1.165, 1.54) is 5.56 Å². The number of ketones is 1. The molecular weight excluding hydrogens is 240 g/mol. The number of carbonyl (C=O) groups is 1. The zero-order chi connectivity index (χ0) is 13.8. The van der Waals surface area contributed by atoms with Crippen LogP contribution in [0, 0.1) is 13.8 Å². The highest BCUT2D eigenvalue weighted by Crippen LogP contribution is 2.19. The van der Waals surface area contributed by atoms with Gasteiger partial charge in [0.15, 0.2) is 12.1 Å². The average Bonchev–Trinajstić information content (AvgIpc) is 2.39. The first-order valence-corrected chi connectivity index (χ1v) is 6.96. The first kappa shape index (κ1) is 14.2. The van der Waals surface area contributed by atoms with Crippen LogP contribution in [0.15, 0.2) is 18.2 Å². The van der Waals surface area contributed by atoms with Gasteiger partial charge in [-0.3, -0.25) is 4.79 Å². The highest BCUT2D eigenvalue weighted by Gasteiger charge is 2.23. The molecule has 1 fully saturated rings. The van der Waals surface area contributed by atoms with Crippen LogP contribution >= 0.6 is 0 Å². The number of hydrogen-bond acceptors (Lipinski definition) is 3. The quantitative estimate of drug-likeness (QED) is 0.780. The van der Waals surface area contributed by atoms with Gasteiger partial charge in [-0.05, 0) is 45.6 Å². The lowest BCUT2D eigenvalue weighted by Crippen LogP contribution is -2.31. The van der Waals surface area contributed by atoms with Crippen molar-refractivity contribution in [1.82, 2.24) is 0 Å². The molecule has 1 saturated heterocycles. The highest BCUT2D eigenvalue weighted by molar-refractivity contribution is 6.00. The summed E-state index contributed by atoms with van der Waals surface area (Å²) in [6.45, 7) is 6.52. The maximum atomic E-state index is 12.4. The molecule has 0 aliphatic carbocycles. The van der Waals surface area contributed by atoms with Crippen molar-refractivity contribution in [2.45, 2.75) is 52.4 Å². The van der Waals surface area contributed by atoms with Gasteiger partial charge in [-0.1, -0.05) is 23.8 Å². The Labute approximate surface area is 114 Å². The highest BCUT2D eigenvalue weighted by atomic mass is 16.7. The van der Waals surface area contributed by atoms with E-state index in [2.05, 4.69) is 0 Å². The van der Waals surface area contributed by atoms with Crippen LogP contribution < -0.4 is 0 Å². The van der Waals surface area contributed by atoms with Crippen molar-refractivity contribution in [3.63, 3.8) is 0 Å². The van der Waals surface area contributed by atoms with E-state index in [1.807, 2.05) is 32.0 Å². The third kappa shape index (κ3) is 3.64. The Bertz CT molecular complexity index is 447. The molecule has 0 spiro atoms.